The fourth-order valence-electron chi connectivity index (χ4n) is 5.01. The normalized spacial score (nSPS) is 17.9. The maximum atomic E-state index is 12.8. The fourth-order valence-corrected chi connectivity index (χ4v) is 11.0. The molecule has 7 nitrogen and oxygen atoms in total. The third kappa shape index (κ3) is 8.92. The minimum absolute atomic E-state index is 0.124. The van der Waals surface area contributed by atoms with Crippen molar-refractivity contribution in [3.05, 3.63) is 95.5 Å². The Hall–Kier alpha value is -0.666. The van der Waals surface area contributed by atoms with E-state index in [-0.39, 0.29) is 23.0 Å². The SMILES string of the molecule is C=C(CN([CH2][Pb])[CH2][Pb])N1CC(n2cc(CCc3cccc(CNC(P)c4ccccc4)c3)nn2)CC1C(=O)SC. The molecule has 1 N–H and O–H groups in total. The number of thioether (sulfide) groups is 1. The summed E-state index contributed by atoms with van der Waals surface area (Å²) in [6.45, 7) is 6.79. The Morgan fingerprint density at radius 1 is 1.18 bits per heavy atom. The van der Waals surface area contributed by atoms with Gasteiger partial charge in [-0.3, -0.25) is 0 Å². The minimum atomic E-state index is -0.149. The van der Waals surface area contributed by atoms with Crippen LogP contribution in [-0.2, 0) is 24.2 Å². The molecule has 1 aliphatic heterocycles. The first kappa shape index (κ1) is 32.3. The van der Waals surface area contributed by atoms with Gasteiger partial charge in [-0.25, -0.2) is 0 Å². The number of carbonyl (C=O) groups is 1. The summed E-state index contributed by atoms with van der Waals surface area (Å²) >= 11 is 3.61. The van der Waals surface area contributed by atoms with Crippen LogP contribution in [0.2, 0.25) is 0 Å². The van der Waals surface area contributed by atoms with E-state index in [1.165, 1.54) is 28.5 Å². The molecule has 4 unspecified atom stereocenters. The van der Waals surface area contributed by atoms with E-state index in [0.717, 1.165) is 110 Å². The zero-order valence-corrected chi connectivity index (χ0v) is 32.7. The van der Waals surface area contributed by atoms with Gasteiger partial charge in [0.1, 0.15) is 0 Å². The maximum absolute atomic E-state index is 12.8. The molecule has 1 aromatic heterocycles. The number of carbonyl (C=O) groups excluding carboxylic acids is 1. The molecule has 40 heavy (non-hydrogen) atoms. The molecule has 0 bridgehead atoms. The Labute approximate surface area is 276 Å². The van der Waals surface area contributed by atoms with Crippen LogP contribution in [0.4, 0.5) is 0 Å². The van der Waals surface area contributed by atoms with Crippen molar-refractivity contribution in [1.82, 2.24) is 30.1 Å². The number of likely N-dealkylation sites (tertiary alicyclic amines) is 1. The molecule has 208 valence electrons. The van der Waals surface area contributed by atoms with Crippen molar-refractivity contribution in [1.29, 1.82) is 0 Å². The van der Waals surface area contributed by atoms with Gasteiger partial charge in [-0.05, 0) is 16.7 Å². The summed E-state index contributed by atoms with van der Waals surface area (Å²) in [5, 5.41) is 12.8. The van der Waals surface area contributed by atoms with Crippen molar-refractivity contribution in [3.63, 3.8) is 0 Å². The molecule has 0 spiro atoms. The molecule has 3 aromatic rings. The van der Waals surface area contributed by atoms with E-state index < -0.39 is 0 Å². The van der Waals surface area contributed by atoms with E-state index in [0.29, 0.717) is 0 Å². The van der Waals surface area contributed by atoms with Gasteiger partial charge < -0.3 is 5.32 Å². The van der Waals surface area contributed by atoms with Gasteiger partial charge in [-0.2, -0.15) is 0 Å². The molecule has 1 fully saturated rings. The number of rotatable bonds is 14. The summed E-state index contributed by atoms with van der Waals surface area (Å²) in [4.78, 5) is 17.5. The predicted molar refractivity (Wildman–Crippen MR) is 169 cm³/mol. The van der Waals surface area contributed by atoms with Gasteiger partial charge in [0, 0.05) is 12.3 Å². The number of nitrogens with zero attached hydrogens (tertiary/aromatic N) is 5. The van der Waals surface area contributed by atoms with Crippen LogP contribution in [0.25, 0.3) is 0 Å². The topological polar surface area (TPSA) is 66.3 Å². The van der Waals surface area contributed by atoms with E-state index in [4.69, 9.17) is 0 Å². The molecule has 11 heteroatoms. The summed E-state index contributed by atoms with van der Waals surface area (Å²) < 4.78 is 4.25. The van der Waals surface area contributed by atoms with Gasteiger partial charge in [0.15, 0.2) is 0 Å². The fraction of sp³-hybridized carbons (Fsp3) is 0.414. The van der Waals surface area contributed by atoms with Gasteiger partial charge >= 0.3 is 181 Å². The molecule has 1 saturated heterocycles. The summed E-state index contributed by atoms with van der Waals surface area (Å²) in [6, 6.07) is 19.2. The second kappa shape index (κ2) is 16.3. The van der Waals surface area contributed by atoms with Gasteiger partial charge in [-0.15, -0.1) is 9.24 Å². The molecule has 0 saturated carbocycles. The summed E-state index contributed by atoms with van der Waals surface area (Å²) in [5.74, 6) is 0.218. The van der Waals surface area contributed by atoms with Crippen LogP contribution in [-0.4, -0.2) is 115 Å². The van der Waals surface area contributed by atoms with E-state index in [1.807, 2.05) is 17.0 Å². The first-order valence-corrected chi connectivity index (χ1v) is 20.9. The molecular weight excluding hydrogens is 926 g/mol. The molecule has 4 atom stereocenters. The molecule has 4 rings (SSSR count). The standard InChI is InChI=1S/C29H37N6OPS.2Pb/c1-21(18-33(2)3)34-20-26(16-27(34)29(36)38-4)35-19-25(31-32-35)14-13-22-9-8-10-23(15-22)17-30-28(37)24-11-6-5-7-12-24;;/h5-12,15,19,26-28,30H,1-3,13-14,16-18,20,37H2,4H3;;. The average Bonchev–Trinajstić information content (AvgIpc) is 3.65. The van der Waals surface area contributed by atoms with E-state index in [1.54, 1.807) is 0 Å². The zero-order valence-electron chi connectivity index (χ0n) is 23.0. The van der Waals surface area contributed by atoms with Crippen LogP contribution in [0.15, 0.2) is 73.1 Å². The van der Waals surface area contributed by atoms with Crippen LogP contribution >= 0.6 is 21.0 Å². The van der Waals surface area contributed by atoms with E-state index in [2.05, 4.69) is 96.0 Å². The predicted octanol–water partition coefficient (Wildman–Crippen LogP) is 3.30. The third-order valence-corrected chi connectivity index (χ3v) is 12.1. The molecule has 2 aromatic carbocycles. The Bertz CT molecular complexity index is 1260. The quantitative estimate of drug-likeness (QED) is 0.197. The molecule has 0 amide bonds. The molecule has 0 aliphatic carbocycles. The van der Waals surface area contributed by atoms with Gasteiger partial charge in [-0.1, -0.05) is 54.6 Å². The zero-order chi connectivity index (χ0) is 28.5. The van der Waals surface area contributed by atoms with Gasteiger partial charge in [0.25, 0.3) is 0 Å². The number of benzene rings is 2. The van der Waals surface area contributed by atoms with Crippen molar-refractivity contribution >= 4 is 77.7 Å². The summed E-state index contributed by atoms with van der Waals surface area (Å²) in [7, 11) is 2.89. The second-order valence-electron chi connectivity index (χ2n) is 10.1. The van der Waals surface area contributed by atoms with Crippen LogP contribution in [0.3, 0.4) is 0 Å². The first-order valence-electron chi connectivity index (χ1n) is 13.5. The summed E-state index contributed by atoms with van der Waals surface area (Å²) in [5.41, 5.74) is 5.87. The number of aromatic nitrogens is 3. The number of nitrogens with one attached hydrogen (secondary N) is 1. The molecule has 6 radical (unpaired) electrons. The number of aryl methyl sites for hydroxylation is 2. The second-order valence-corrected chi connectivity index (χ2v) is 14.0. The van der Waals surface area contributed by atoms with Crippen molar-refractivity contribution in [3.8, 4) is 0 Å². The third-order valence-electron chi connectivity index (χ3n) is 7.29. The molecule has 1 aliphatic rings. The van der Waals surface area contributed by atoms with E-state index >= 15 is 0 Å². The van der Waals surface area contributed by atoms with Crippen molar-refractivity contribution in [2.75, 3.05) is 27.6 Å². The average molecular weight is 963 g/mol. The number of hydrogen-bond donors (Lipinski definition) is 1. The van der Waals surface area contributed by atoms with Gasteiger partial charge in [0.05, 0.1) is 0 Å². The van der Waals surface area contributed by atoms with Crippen LogP contribution in [0.1, 0.15) is 40.6 Å². The monoisotopic (exact) mass is 964 g/mol. The van der Waals surface area contributed by atoms with Gasteiger partial charge in [0.2, 0.25) is 0 Å². The Morgan fingerprint density at radius 3 is 2.65 bits per heavy atom. The summed E-state index contributed by atoms with van der Waals surface area (Å²) in [6.07, 6.45) is 6.44. The van der Waals surface area contributed by atoms with E-state index in [9.17, 15) is 4.79 Å². The van der Waals surface area contributed by atoms with Crippen LogP contribution in [0, 0.1) is 0 Å². The van der Waals surface area contributed by atoms with Crippen molar-refractivity contribution < 1.29 is 4.79 Å². The Kier molecular flexibility index (Phi) is 13.1. The first-order chi connectivity index (χ1) is 19.4. The van der Waals surface area contributed by atoms with Crippen LogP contribution < -0.4 is 5.32 Å². The molecule has 2 heterocycles. The van der Waals surface area contributed by atoms with Crippen LogP contribution in [0.5, 0.6) is 0 Å². The Balaban J connectivity index is 1.33. The number of hydrogen-bond acceptors (Lipinski definition) is 7. The van der Waals surface area contributed by atoms with Crippen molar-refractivity contribution in [2.45, 2.75) is 43.7 Å². The van der Waals surface area contributed by atoms with Crippen molar-refractivity contribution in [2.24, 2.45) is 0 Å². The Morgan fingerprint density at radius 2 is 1.93 bits per heavy atom. The molecular formula is C29H37N6OPPb2S.